The van der Waals surface area contributed by atoms with Gasteiger partial charge in [-0.3, -0.25) is 4.79 Å². The van der Waals surface area contributed by atoms with Crippen LogP contribution in [0.5, 0.6) is 0 Å². The van der Waals surface area contributed by atoms with Crippen LogP contribution in [-0.2, 0) is 6.42 Å². The van der Waals surface area contributed by atoms with Crippen LogP contribution >= 0.6 is 0 Å². The lowest BCUT2D eigenvalue weighted by atomic mass is 9.75. The first kappa shape index (κ1) is 15.0. The Bertz CT molecular complexity index is 732. The van der Waals surface area contributed by atoms with Crippen LogP contribution in [0.1, 0.15) is 50.2 Å². The van der Waals surface area contributed by atoms with E-state index in [1.165, 1.54) is 0 Å². The standard InChI is InChI=1S/C19H24N2O/c1-12(2)11-20-18-13-7-5-6-8-14(13)21-15-9-19(3,4)10-16(22)17(15)18/h5-8,12H,9-11H2,1-4H3,(H,20,21)/p+1. The second kappa shape index (κ2) is 5.38. The first-order valence-corrected chi connectivity index (χ1v) is 8.11. The summed E-state index contributed by atoms with van der Waals surface area (Å²) in [4.78, 5) is 16.3. The summed E-state index contributed by atoms with van der Waals surface area (Å²) in [5, 5.41) is 4.64. The minimum absolute atomic E-state index is 0.0261. The number of aromatic amines is 1. The fraction of sp³-hybridized carbons (Fsp3) is 0.474. The van der Waals surface area contributed by atoms with Gasteiger partial charge in [-0.2, -0.15) is 0 Å². The normalized spacial score (nSPS) is 16.9. The van der Waals surface area contributed by atoms with Crippen LogP contribution in [0.4, 0.5) is 5.69 Å². The molecular formula is C19H25N2O+. The number of aromatic nitrogens is 1. The van der Waals surface area contributed by atoms with Crippen molar-refractivity contribution in [1.29, 1.82) is 0 Å². The van der Waals surface area contributed by atoms with E-state index >= 15 is 0 Å². The van der Waals surface area contributed by atoms with Gasteiger partial charge >= 0.3 is 0 Å². The Labute approximate surface area is 132 Å². The number of pyridine rings is 1. The molecule has 1 aromatic carbocycles. The molecule has 3 heteroatoms. The molecule has 116 valence electrons. The third-order valence-corrected chi connectivity index (χ3v) is 4.29. The van der Waals surface area contributed by atoms with Crippen molar-refractivity contribution >= 4 is 22.4 Å². The molecule has 0 aliphatic heterocycles. The van der Waals surface area contributed by atoms with Gasteiger partial charge in [-0.15, -0.1) is 0 Å². The van der Waals surface area contributed by atoms with Crippen molar-refractivity contribution in [1.82, 2.24) is 0 Å². The molecule has 0 spiro atoms. The van der Waals surface area contributed by atoms with E-state index < -0.39 is 0 Å². The minimum Gasteiger partial charge on any atom is -0.383 e. The molecule has 0 amide bonds. The monoisotopic (exact) mass is 297 g/mol. The van der Waals surface area contributed by atoms with Gasteiger partial charge in [0.15, 0.2) is 11.5 Å². The van der Waals surface area contributed by atoms with Crippen molar-refractivity contribution in [2.24, 2.45) is 11.3 Å². The molecule has 0 bridgehead atoms. The van der Waals surface area contributed by atoms with Gasteiger partial charge in [0.05, 0.1) is 11.1 Å². The quantitative estimate of drug-likeness (QED) is 0.934. The van der Waals surface area contributed by atoms with Crippen LogP contribution in [-0.4, -0.2) is 12.3 Å². The number of hydrogen-bond acceptors (Lipinski definition) is 2. The smallest absolute Gasteiger partial charge is 0.213 e. The Balaban J connectivity index is 2.21. The maximum absolute atomic E-state index is 12.8. The topological polar surface area (TPSA) is 43.2 Å². The van der Waals surface area contributed by atoms with Gasteiger partial charge in [0.2, 0.25) is 5.52 Å². The lowest BCUT2D eigenvalue weighted by molar-refractivity contribution is -0.360. The Hall–Kier alpha value is -1.90. The van der Waals surface area contributed by atoms with Crippen molar-refractivity contribution in [3.63, 3.8) is 0 Å². The number of anilines is 1. The van der Waals surface area contributed by atoms with E-state index in [0.717, 1.165) is 40.8 Å². The zero-order chi connectivity index (χ0) is 15.9. The number of carbonyl (C=O) groups excluding carboxylic acids is 1. The summed E-state index contributed by atoms with van der Waals surface area (Å²) in [6.07, 6.45) is 1.53. The third-order valence-electron chi connectivity index (χ3n) is 4.29. The minimum atomic E-state index is 0.0261. The molecule has 3 rings (SSSR count). The van der Waals surface area contributed by atoms with Crippen molar-refractivity contribution in [3.05, 3.63) is 35.5 Å². The molecule has 0 fully saturated rings. The van der Waals surface area contributed by atoms with Crippen molar-refractivity contribution in [2.75, 3.05) is 11.9 Å². The molecule has 1 aliphatic carbocycles. The SMILES string of the molecule is CC(C)CNc1c2c([nH+]c3ccccc13)CC(C)(C)CC2=O. The Morgan fingerprint density at radius 3 is 2.68 bits per heavy atom. The molecule has 22 heavy (non-hydrogen) atoms. The Kier molecular flexibility index (Phi) is 3.67. The number of ketones is 1. The van der Waals surface area contributed by atoms with Crippen LogP contribution in [0, 0.1) is 11.3 Å². The van der Waals surface area contributed by atoms with Gasteiger partial charge in [-0.05, 0) is 17.4 Å². The summed E-state index contributed by atoms with van der Waals surface area (Å²) in [5.41, 5.74) is 4.08. The van der Waals surface area contributed by atoms with Gasteiger partial charge < -0.3 is 5.32 Å². The number of para-hydroxylation sites is 1. The van der Waals surface area contributed by atoms with E-state index in [9.17, 15) is 4.79 Å². The highest BCUT2D eigenvalue weighted by Crippen LogP contribution is 2.38. The summed E-state index contributed by atoms with van der Waals surface area (Å²) < 4.78 is 0. The second-order valence-electron chi connectivity index (χ2n) is 7.61. The van der Waals surface area contributed by atoms with E-state index in [4.69, 9.17) is 0 Å². The Morgan fingerprint density at radius 2 is 1.95 bits per heavy atom. The van der Waals surface area contributed by atoms with E-state index in [1.54, 1.807) is 0 Å². The zero-order valence-corrected chi connectivity index (χ0v) is 13.9. The van der Waals surface area contributed by atoms with Crippen LogP contribution in [0.15, 0.2) is 24.3 Å². The summed E-state index contributed by atoms with van der Waals surface area (Å²) >= 11 is 0. The van der Waals surface area contributed by atoms with Gasteiger partial charge in [0.25, 0.3) is 0 Å². The molecule has 0 radical (unpaired) electrons. The average molecular weight is 297 g/mol. The van der Waals surface area contributed by atoms with Crippen molar-refractivity contribution in [2.45, 2.75) is 40.5 Å². The molecule has 0 unspecified atom stereocenters. The molecule has 3 nitrogen and oxygen atoms in total. The number of carbonyl (C=O) groups is 1. The van der Waals surface area contributed by atoms with Crippen LogP contribution in [0.25, 0.3) is 10.9 Å². The van der Waals surface area contributed by atoms with E-state index in [0.29, 0.717) is 12.3 Å². The zero-order valence-electron chi connectivity index (χ0n) is 13.9. The molecule has 2 N–H and O–H groups in total. The number of rotatable bonds is 3. The van der Waals surface area contributed by atoms with E-state index in [-0.39, 0.29) is 11.2 Å². The largest absolute Gasteiger partial charge is 0.383 e. The van der Waals surface area contributed by atoms with E-state index in [2.05, 4.69) is 50.1 Å². The Morgan fingerprint density at radius 1 is 1.23 bits per heavy atom. The van der Waals surface area contributed by atoms with Gasteiger partial charge in [0.1, 0.15) is 5.56 Å². The molecule has 0 saturated carbocycles. The highest BCUT2D eigenvalue weighted by atomic mass is 16.1. The second-order valence-corrected chi connectivity index (χ2v) is 7.61. The summed E-state index contributed by atoms with van der Waals surface area (Å²) in [7, 11) is 0. The molecule has 1 aliphatic rings. The van der Waals surface area contributed by atoms with Crippen molar-refractivity contribution < 1.29 is 9.78 Å². The summed E-state index contributed by atoms with van der Waals surface area (Å²) in [6, 6.07) is 8.23. The predicted octanol–water partition coefficient (Wildman–Crippen LogP) is 3.88. The van der Waals surface area contributed by atoms with Gasteiger partial charge in [0, 0.05) is 25.5 Å². The number of H-pyrrole nitrogens is 1. The van der Waals surface area contributed by atoms with Crippen LogP contribution in [0.2, 0.25) is 0 Å². The van der Waals surface area contributed by atoms with Crippen LogP contribution < -0.4 is 10.3 Å². The van der Waals surface area contributed by atoms with Gasteiger partial charge in [-0.1, -0.05) is 39.8 Å². The summed E-state index contributed by atoms with van der Waals surface area (Å²) in [5.74, 6) is 0.785. The molecule has 1 heterocycles. The predicted molar refractivity (Wildman–Crippen MR) is 90.3 cm³/mol. The molecule has 2 aromatic rings. The maximum Gasteiger partial charge on any atom is 0.213 e. The number of fused-ring (bicyclic) bond motifs is 2. The molecule has 1 aromatic heterocycles. The molecule has 0 atom stereocenters. The van der Waals surface area contributed by atoms with Gasteiger partial charge in [-0.25, -0.2) is 4.98 Å². The number of hydrogen-bond donors (Lipinski definition) is 1. The third kappa shape index (κ3) is 2.72. The highest BCUT2D eigenvalue weighted by molar-refractivity contribution is 6.09. The first-order valence-electron chi connectivity index (χ1n) is 8.11. The molecular weight excluding hydrogens is 272 g/mol. The van der Waals surface area contributed by atoms with Crippen molar-refractivity contribution in [3.8, 4) is 0 Å². The number of benzene rings is 1. The maximum atomic E-state index is 12.8. The van der Waals surface area contributed by atoms with E-state index in [1.807, 2.05) is 12.1 Å². The number of Topliss-reactive ketones (excluding diaryl/α,β-unsaturated/α-hetero) is 1. The average Bonchev–Trinajstić information content (AvgIpc) is 2.42. The highest BCUT2D eigenvalue weighted by Gasteiger charge is 2.37. The fourth-order valence-electron chi connectivity index (χ4n) is 3.31. The molecule has 0 saturated heterocycles. The van der Waals surface area contributed by atoms with Crippen LogP contribution in [0.3, 0.4) is 0 Å². The lowest BCUT2D eigenvalue weighted by Crippen LogP contribution is -2.34. The number of nitrogens with one attached hydrogen (secondary N) is 2. The summed E-state index contributed by atoms with van der Waals surface area (Å²) in [6.45, 7) is 9.57. The first-order chi connectivity index (χ1) is 10.4. The fourth-order valence-corrected chi connectivity index (χ4v) is 3.31. The lowest BCUT2D eigenvalue weighted by Gasteiger charge is -2.28.